The molecule has 78 valence electrons. The monoisotopic (exact) mass is 234 g/mol. The molecule has 4 heteroatoms. The second-order valence-corrected chi connectivity index (χ2v) is 5.22. The Labute approximate surface area is 132 Å². The fourth-order valence-corrected chi connectivity index (χ4v) is 3.43. The van der Waals surface area contributed by atoms with Crippen molar-refractivity contribution in [2.75, 3.05) is 0 Å². The predicted octanol–water partition coefficient (Wildman–Crippen LogP) is -2.47. The Hall–Kier alpha value is 0.776. The molecule has 0 aromatic carbocycles. The van der Waals surface area contributed by atoms with Crippen LogP contribution in [0.4, 0.5) is 0 Å². The van der Waals surface area contributed by atoms with Gasteiger partial charge < -0.3 is 9.90 Å². The zero-order valence-electron chi connectivity index (χ0n) is 9.63. The number of rotatable bonds is 2. The van der Waals surface area contributed by atoms with Crippen LogP contribution in [0, 0.1) is 16.7 Å². The first kappa shape index (κ1) is 13.8. The van der Waals surface area contributed by atoms with Crippen LogP contribution < -0.4 is 56.5 Å². The van der Waals surface area contributed by atoms with Gasteiger partial charge in [-0.15, -0.1) is 0 Å². The molecule has 0 aliphatic heterocycles. The second-order valence-electron chi connectivity index (χ2n) is 5.22. The molecule has 0 saturated heterocycles. The molecule has 0 N–H and O–H groups in total. The maximum absolute atomic E-state index is 11.8. The van der Waals surface area contributed by atoms with Crippen molar-refractivity contribution in [3.63, 3.8) is 0 Å². The number of ketones is 1. The van der Waals surface area contributed by atoms with Crippen LogP contribution in [-0.4, -0.2) is 11.8 Å². The van der Waals surface area contributed by atoms with Crippen LogP contribution in [0.2, 0.25) is 0 Å². The Morgan fingerprint density at radius 3 is 2.47 bits per heavy atom. The normalized spacial score (nSPS) is 36.4. The van der Waals surface area contributed by atoms with Gasteiger partial charge in [-0.25, -0.2) is 0 Å². The third kappa shape index (κ3) is 1.78. The quantitative estimate of drug-likeness (QED) is 0.497. The molecule has 2 rings (SSSR count). The number of carboxylic acids is 1. The van der Waals surface area contributed by atoms with E-state index in [9.17, 15) is 14.7 Å². The van der Waals surface area contributed by atoms with E-state index in [1.54, 1.807) is 0 Å². The number of carbonyl (C=O) groups excluding carboxylic acids is 2. The summed E-state index contributed by atoms with van der Waals surface area (Å²) in [6.45, 7) is 4.05. The van der Waals surface area contributed by atoms with E-state index in [0.717, 1.165) is 12.8 Å². The summed E-state index contributed by atoms with van der Waals surface area (Å²) < 4.78 is 0. The Balaban J connectivity index is 0.00000112. The van der Waals surface area contributed by atoms with Crippen LogP contribution >= 0.6 is 0 Å². The van der Waals surface area contributed by atoms with Gasteiger partial charge >= 0.3 is 51.4 Å². The number of hydrogen-bond acceptors (Lipinski definition) is 3. The SMILES string of the molecule is CC1(C)C2CCC1(CC(=O)[O-])C(=O)C2.[K+]. The van der Waals surface area contributed by atoms with Crippen molar-refractivity contribution in [3.05, 3.63) is 0 Å². The minimum atomic E-state index is -1.09. The first-order chi connectivity index (χ1) is 6.40. The third-order valence-electron chi connectivity index (χ3n) is 4.59. The molecule has 0 aromatic heterocycles. The molecule has 2 atom stereocenters. The Bertz CT molecular complexity index is 311. The largest absolute Gasteiger partial charge is 1.00 e. The summed E-state index contributed by atoms with van der Waals surface area (Å²) in [5, 5.41) is 10.7. The molecule has 0 amide bonds. The molecule has 2 unspecified atom stereocenters. The molecule has 2 aliphatic rings. The van der Waals surface area contributed by atoms with Gasteiger partial charge in [-0.05, 0) is 24.2 Å². The van der Waals surface area contributed by atoms with Gasteiger partial charge in [-0.3, -0.25) is 4.79 Å². The summed E-state index contributed by atoms with van der Waals surface area (Å²) in [6.07, 6.45) is 2.21. The van der Waals surface area contributed by atoms with Gasteiger partial charge in [0.15, 0.2) is 0 Å². The fraction of sp³-hybridized carbons (Fsp3) is 0.818. The minimum Gasteiger partial charge on any atom is -0.550 e. The fourth-order valence-electron chi connectivity index (χ4n) is 3.43. The standard InChI is InChI=1S/C11H16O3.K/c1-10(2)7-3-4-11(10,6-9(13)14)8(12)5-7;/h7H,3-6H2,1-2H3,(H,13,14);/q;+1/p-1. The van der Waals surface area contributed by atoms with Gasteiger partial charge in [0.25, 0.3) is 0 Å². The number of aliphatic carboxylic acids is 1. The van der Waals surface area contributed by atoms with Gasteiger partial charge in [0.05, 0.1) is 0 Å². The van der Waals surface area contributed by atoms with Gasteiger partial charge in [-0.2, -0.15) is 0 Å². The molecule has 0 spiro atoms. The summed E-state index contributed by atoms with van der Waals surface area (Å²) in [4.78, 5) is 22.5. The van der Waals surface area contributed by atoms with Crippen molar-refractivity contribution in [1.82, 2.24) is 0 Å². The Morgan fingerprint density at radius 2 is 2.13 bits per heavy atom. The smallest absolute Gasteiger partial charge is 0.550 e. The van der Waals surface area contributed by atoms with E-state index in [-0.39, 0.29) is 69.0 Å². The van der Waals surface area contributed by atoms with Crippen LogP contribution in [0.5, 0.6) is 0 Å². The molecule has 0 aromatic rings. The average molecular weight is 234 g/mol. The van der Waals surface area contributed by atoms with Crippen molar-refractivity contribution < 1.29 is 66.1 Å². The van der Waals surface area contributed by atoms with E-state index in [2.05, 4.69) is 0 Å². The van der Waals surface area contributed by atoms with Crippen LogP contribution in [0.15, 0.2) is 0 Å². The van der Waals surface area contributed by atoms with Gasteiger partial charge in [0.2, 0.25) is 0 Å². The Morgan fingerprint density at radius 1 is 1.53 bits per heavy atom. The maximum atomic E-state index is 11.8. The Kier molecular flexibility index (Phi) is 3.89. The molecule has 2 bridgehead atoms. The molecule has 0 radical (unpaired) electrons. The molecule has 0 heterocycles. The van der Waals surface area contributed by atoms with E-state index >= 15 is 0 Å². The summed E-state index contributed by atoms with van der Waals surface area (Å²) in [5.74, 6) is -0.564. The van der Waals surface area contributed by atoms with Gasteiger partial charge in [-0.1, -0.05) is 13.8 Å². The third-order valence-corrected chi connectivity index (χ3v) is 4.59. The van der Waals surface area contributed by atoms with Gasteiger partial charge in [0, 0.05) is 24.2 Å². The van der Waals surface area contributed by atoms with E-state index < -0.39 is 11.4 Å². The first-order valence-electron chi connectivity index (χ1n) is 5.13. The molecule has 2 fully saturated rings. The minimum absolute atomic E-state index is 0. The number of fused-ring (bicyclic) bond motifs is 2. The number of carboxylic acid groups (broad SMARTS) is 1. The second kappa shape index (κ2) is 4.22. The average Bonchev–Trinajstić information content (AvgIpc) is 2.36. The predicted molar refractivity (Wildman–Crippen MR) is 48.2 cm³/mol. The molecular weight excluding hydrogens is 219 g/mol. The molecule has 2 saturated carbocycles. The van der Waals surface area contributed by atoms with Crippen LogP contribution in [0.25, 0.3) is 0 Å². The number of hydrogen-bond donors (Lipinski definition) is 0. The summed E-state index contributed by atoms with van der Waals surface area (Å²) >= 11 is 0. The van der Waals surface area contributed by atoms with E-state index in [0.29, 0.717) is 12.3 Å². The zero-order valence-corrected chi connectivity index (χ0v) is 12.8. The molecule has 15 heavy (non-hydrogen) atoms. The van der Waals surface area contributed by atoms with Crippen LogP contribution in [-0.2, 0) is 9.59 Å². The van der Waals surface area contributed by atoms with E-state index in [4.69, 9.17) is 0 Å². The van der Waals surface area contributed by atoms with Crippen LogP contribution in [0.3, 0.4) is 0 Å². The van der Waals surface area contributed by atoms with Gasteiger partial charge in [0.1, 0.15) is 5.78 Å². The topological polar surface area (TPSA) is 57.2 Å². The molecule has 3 nitrogen and oxygen atoms in total. The van der Waals surface area contributed by atoms with Crippen molar-refractivity contribution >= 4 is 11.8 Å². The number of carbonyl (C=O) groups is 2. The first-order valence-corrected chi connectivity index (χ1v) is 5.13. The number of Topliss-reactive ketones (excluding diaryl/α,β-unsaturated/α-hetero) is 1. The van der Waals surface area contributed by atoms with Crippen molar-refractivity contribution in [2.45, 2.75) is 39.5 Å². The van der Waals surface area contributed by atoms with Crippen molar-refractivity contribution in [3.8, 4) is 0 Å². The summed E-state index contributed by atoms with van der Waals surface area (Å²) in [5.41, 5.74) is -0.763. The van der Waals surface area contributed by atoms with Crippen molar-refractivity contribution in [1.29, 1.82) is 0 Å². The molecular formula is C11H15KO3. The summed E-state index contributed by atoms with van der Waals surface area (Å²) in [6, 6.07) is 0. The van der Waals surface area contributed by atoms with Crippen LogP contribution in [0.1, 0.15) is 39.5 Å². The van der Waals surface area contributed by atoms with Crippen molar-refractivity contribution in [2.24, 2.45) is 16.7 Å². The zero-order chi connectivity index (χ0) is 10.6. The summed E-state index contributed by atoms with van der Waals surface area (Å²) in [7, 11) is 0. The van der Waals surface area contributed by atoms with E-state index in [1.807, 2.05) is 13.8 Å². The maximum Gasteiger partial charge on any atom is 1.00 e. The van der Waals surface area contributed by atoms with E-state index in [1.165, 1.54) is 0 Å². The molecule has 2 aliphatic carbocycles.